The lowest BCUT2D eigenvalue weighted by molar-refractivity contribution is 0.292. The van der Waals surface area contributed by atoms with Crippen LogP contribution in [0.25, 0.3) is 22.6 Å². The number of para-hydroxylation sites is 1. The molecule has 4 aromatic rings. The smallest absolute Gasteiger partial charge is 0.316 e. The van der Waals surface area contributed by atoms with Crippen LogP contribution in [0.1, 0.15) is 18.7 Å². The fraction of sp³-hybridized carbons (Fsp3) is 0.174. The second-order valence-electron chi connectivity index (χ2n) is 6.81. The molecule has 152 valence electrons. The van der Waals surface area contributed by atoms with Gasteiger partial charge in [0.05, 0.1) is 30.8 Å². The molecule has 6 nitrogen and oxygen atoms in total. The average Bonchev–Trinajstić information content (AvgIpc) is 3.24. The minimum absolute atomic E-state index is 0.0121. The summed E-state index contributed by atoms with van der Waals surface area (Å²) in [5.74, 6) is 1.24. The van der Waals surface area contributed by atoms with E-state index in [9.17, 15) is 4.39 Å². The fourth-order valence-electron chi connectivity index (χ4n) is 3.02. The van der Waals surface area contributed by atoms with Crippen LogP contribution in [0.2, 0.25) is 0 Å². The number of H-pyrrole nitrogens is 1. The van der Waals surface area contributed by atoms with Gasteiger partial charge in [-0.25, -0.2) is 14.4 Å². The maximum absolute atomic E-state index is 13.4. The van der Waals surface area contributed by atoms with E-state index in [4.69, 9.17) is 14.5 Å². The van der Waals surface area contributed by atoms with Gasteiger partial charge in [0.1, 0.15) is 17.4 Å². The zero-order valence-electron chi connectivity index (χ0n) is 16.7. The van der Waals surface area contributed by atoms with Crippen molar-refractivity contribution in [1.29, 1.82) is 0 Å². The van der Waals surface area contributed by atoms with E-state index in [2.05, 4.69) is 15.0 Å². The highest BCUT2D eigenvalue weighted by Gasteiger charge is 2.20. The molecule has 0 bridgehead atoms. The summed E-state index contributed by atoms with van der Waals surface area (Å²) < 4.78 is 24.5. The Balaban J connectivity index is 1.68. The van der Waals surface area contributed by atoms with Gasteiger partial charge in [-0.05, 0) is 42.5 Å². The first-order valence-corrected chi connectivity index (χ1v) is 9.55. The molecule has 0 aliphatic carbocycles. The molecular formula is C23H21FN4O2. The quantitative estimate of drug-likeness (QED) is 0.476. The van der Waals surface area contributed by atoms with Crippen LogP contribution in [0.3, 0.4) is 0 Å². The molecule has 7 heteroatoms. The Morgan fingerprint density at radius 3 is 2.50 bits per heavy atom. The summed E-state index contributed by atoms with van der Waals surface area (Å²) >= 11 is 0. The van der Waals surface area contributed by atoms with Gasteiger partial charge < -0.3 is 14.5 Å². The third kappa shape index (κ3) is 4.30. The van der Waals surface area contributed by atoms with Crippen molar-refractivity contribution < 1.29 is 13.9 Å². The lowest BCUT2D eigenvalue weighted by atomic mass is 10.1. The van der Waals surface area contributed by atoms with E-state index < -0.39 is 0 Å². The topological polar surface area (TPSA) is 72.9 Å². The van der Waals surface area contributed by atoms with E-state index in [0.29, 0.717) is 23.7 Å². The van der Waals surface area contributed by atoms with Crippen molar-refractivity contribution in [2.75, 3.05) is 13.7 Å². The molecule has 0 amide bonds. The van der Waals surface area contributed by atoms with Crippen molar-refractivity contribution >= 4 is 0 Å². The molecule has 0 aliphatic heterocycles. The number of rotatable bonds is 7. The van der Waals surface area contributed by atoms with Crippen LogP contribution in [0.15, 0.2) is 66.9 Å². The molecule has 1 unspecified atom stereocenters. The number of nitrogens with zero attached hydrogens (tertiary/aromatic N) is 3. The van der Waals surface area contributed by atoms with Gasteiger partial charge in [0.15, 0.2) is 0 Å². The van der Waals surface area contributed by atoms with E-state index >= 15 is 0 Å². The van der Waals surface area contributed by atoms with E-state index in [-0.39, 0.29) is 17.7 Å². The number of halogens is 1. The molecule has 1 N–H and O–H groups in total. The summed E-state index contributed by atoms with van der Waals surface area (Å²) in [7, 11) is 1.52. The predicted molar refractivity (Wildman–Crippen MR) is 112 cm³/mol. The molecule has 2 heterocycles. The fourth-order valence-corrected chi connectivity index (χ4v) is 3.02. The van der Waals surface area contributed by atoms with Crippen molar-refractivity contribution in [2.45, 2.75) is 12.8 Å². The minimum atomic E-state index is -0.301. The molecule has 0 aliphatic rings. The van der Waals surface area contributed by atoms with Gasteiger partial charge >= 0.3 is 6.01 Å². The monoisotopic (exact) mass is 404 g/mol. The van der Waals surface area contributed by atoms with Crippen molar-refractivity contribution in [3.05, 3.63) is 78.5 Å². The maximum atomic E-state index is 13.4. The third-order valence-corrected chi connectivity index (χ3v) is 4.62. The van der Waals surface area contributed by atoms with Gasteiger partial charge in [0.25, 0.3) is 0 Å². The van der Waals surface area contributed by atoms with E-state index in [1.54, 1.807) is 24.4 Å². The van der Waals surface area contributed by atoms with E-state index in [0.717, 1.165) is 17.1 Å². The molecule has 0 radical (unpaired) electrons. The lowest BCUT2D eigenvalue weighted by Crippen LogP contribution is -2.08. The number of ether oxygens (including phenoxy) is 2. The number of aromatic amines is 1. The Bertz CT molecular complexity index is 1110. The Morgan fingerprint density at radius 1 is 1.00 bits per heavy atom. The molecule has 4 rings (SSSR count). The van der Waals surface area contributed by atoms with Crippen molar-refractivity contribution in [3.63, 3.8) is 0 Å². The summed E-state index contributed by atoms with van der Waals surface area (Å²) in [5.41, 5.74) is 2.81. The SMILES string of the molecule is COc1nccc(-c2[nH]c(C(C)COc3ccccc3)nc2-c2ccc(F)cc2)n1. The Kier molecular flexibility index (Phi) is 5.70. The Morgan fingerprint density at radius 2 is 1.77 bits per heavy atom. The third-order valence-electron chi connectivity index (χ3n) is 4.62. The number of imidazole rings is 1. The number of hydrogen-bond donors (Lipinski definition) is 1. The maximum Gasteiger partial charge on any atom is 0.316 e. The average molecular weight is 404 g/mol. The lowest BCUT2D eigenvalue weighted by Gasteiger charge is -2.10. The molecule has 0 spiro atoms. The molecule has 0 fully saturated rings. The van der Waals surface area contributed by atoms with Crippen LogP contribution in [0.5, 0.6) is 11.8 Å². The van der Waals surface area contributed by atoms with Crippen molar-refractivity contribution in [2.24, 2.45) is 0 Å². The van der Waals surface area contributed by atoms with Crippen LogP contribution in [-0.2, 0) is 0 Å². The molecule has 2 aromatic heterocycles. The number of aromatic nitrogens is 4. The van der Waals surface area contributed by atoms with Crippen LogP contribution >= 0.6 is 0 Å². The van der Waals surface area contributed by atoms with Gasteiger partial charge in [-0.2, -0.15) is 4.98 Å². The number of benzene rings is 2. The summed E-state index contributed by atoms with van der Waals surface area (Å²) in [6.07, 6.45) is 1.62. The van der Waals surface area contributed by atoms with Gasteiger partial charge in [0, 0.05) is 17.7 Å². The van der Waals surface area contributed by atoms with Gasteiger partial charge in [-0.3, -0.25) is 0 Å². The van der Waals surface area contributed by atoms with Gasteiger partial charge in [-0.1, -0.05) is 25.1 Å². The Hall–Kier alpha value is -3.74. The summed E-state index contributed by atoms with van der Waals surface area (Å²) in [5, 5.41) is 0. The largest absolute Gasteiger partial charge is 0.493 e. The normalized spacial score (nSPS) is 11.8. The van der Waals surface area contributed by atoms with Gasteiger partial charge in [0.2, 0.25) is 0 Å². The molecular weight excluding hydrogens is 383 g/mol. The van der Waals surface area contributed by atoms with Crippen LogP contribution in [0.4, 0.5) is 4.39 Å². The molecule has 30 heavy (non-hydrogen) atoms. The summed E-state index contributed by atoms with van der Waals surface area (Å²) in [6, 6.07) is 17.9. The minimum Gasteiger partial charge on any atom is -0.493 e. The van der Waals surface area contributed by atoms with Crippen LogP contribution in [-0.4, -0.2) is 33.7 Å². The zero-order valence-corrected chi connectivity index (χ0v) is 16.7. The molecule has 0 saturated heterocycles. The standard InChI is InChI=1S/C23H21FN4O2/c1-15(14-30-18-6-4-3-5-7-18)22-27-20(16-8-10-17(24)11-9-16)21(28-22)19-12-13-25-23(26-19)29-2/h3-13,15H,14H2,1-2H3,(H,27,28). The van der Waals surface area contributed by atoms with Crippen LogP contribution < -0.4 is 9.47 Å². The molecule has 2 aromatic carbocycles. The number of methoxy groups -OCH3 is 1. The van der Waals surface area contributed by atoms with Gasteiger partial charge in [-0.15, -0.1) is 0 Å². The number of hydrogen-bond acceptors (Lipinski definition) is 5. The second-order valence-corrected chi connectivity index (χ2v) is 6.81. The first kappa shape index (κ1) is 19.6. The summed E-state index contributed by atoms with van der Waals surface area (Å²) in [6.45, 7) is 2.48. The predicted octanol–water partition coefficient (Wildman–Crippen LogP) is 4.86. The van der Waals surface area contributed by atoms with Crippen LogP contribution in [0, 0.1) is 5.82 Å². The van der Waals surface area contributed by atoms with E-state index in [1.165, 1.54) is 19.2 Å². The van der Waals surface area contributed by atoms with E-state index in [1.807, 2.05) is 37.3 Å². The highest BCUT2D eigenvalue weighted by Crippen LogP contribution is 2.31. The Labute approximate surface area is 173 Å². The second kappa shape index (κ2) is 8.73. The highest BCUT2D eigenvalue weighted by atomic mass is 19.1. The van der Waals surface area contributed by atoms with Crippen molar-refractivity contribution in [3.8, 4) is 34.4 Å². The zero-order chi connectivity index (χ0) is 20.9. The summed E-state index contributed by atoms with van der Waals surface area (Å²) in [4.78, 5) is 16.6. The first-order valence-electron chi connectivity index (χ1n) is 9.55. The highest BCUT2D eigenvalue weighted by molar-refractivity contribution is 5.76. The first-order chi connectivity index (χ1) is 14.6. The molecule has 1 atom stereocenters. The van der Waals surface area contributed by atoms with Crippen molar-refractivity contribution in [1.82, 2.24) is 19.9 Å². The number of nitrogens with one attached hydrogen (secondary N) is 1. The molecule has 0 saturated carbocycles.